The van der Waals surface area contributed by atoms with Gasteiger partial charge in [-0.25, -0.2) is 9.97 Å². The summed E-state index contributed by atoms with van der Waals surface area (Å²) in [5.74, 6) is 0.676. The first-order valence-electron chi connectivity index (χ1n) is 17.1. The highest BCUT2D eigenvalue weighted by Crippen LogP contribution is 2.41. The van der Waals surface area contributed by atoms with E-state index in [1.54, 1.807) is 10.4 Å². The molecule has 2 aliphatic heterocycles. The summed E-state index contributed by atoms with van der Waals surface area (Å²) in [7, 11) is -1.62. The monoisotopic (exact) mass is 631 g/mol. The first-order chi connectivity index (χ1) is 23.8. The van der Waals surface area contributed by atoms with Gasteiger partial charge in [0.1, 0.15) is 8.07 Å². The van der Waals surface area contributed by atoms with Gasteiger partial charge in [0.15, 0.2) is 0 Å². The van der Waals surface area contributed by atoms with Crippen LogP contribution in [-0.2, 0) is 0 Å². The van der Waals surface area contributed by atoms with Gasteiger partial charge in [-0.1, -0.05) is 134 Å². The summed E-state index contributed by atoms with van der Waals surface area (Å²) >= 11 is 0. The highest BCUT2D eigenvalue weighted by molar-refractivity contribution is 7.06. The normalized spacial score (nSPS) is 14.5. The molecular weight excluding hydrogens is 599 g/mol. The average molecular weight is 632 g/mol. The highest BCUT2D eigenvalue weighted by atomic mass is 28.3. The Morgan fingerprint density at radius 2 is 1.02 bits per heavy atom. The van der Waals surface area contributed by atoms with E-state index in [9.17, 15) is 0 Å². The van der Waals surface area contributed by atoms with Crippen LogP contribution in [0.25, 0.3) is 72.5 Å². The SMILES string of the molecule is c1ccc(-c2cc(-c3ccccc3)nc(-n3c4ccccc4c4cc(-c5ccc6c(c5)-c5ccccc5[Si]65CCCC5)ccc43)n2)cc1. The van der Waals surface area contributed by atoms with Crippen molar-refractivity contribution in [3.8, 4) is 50.7 Å². The smallest absolute Gasteiger partial charge is 0.235 e. The second-order valence-electron chi connectivity index (χ2n) is 13.4. The molecule has 4 heterocycles. The lowest BCUT2D eigenvalue weighted by atomic mass is 9.98. The molecule has 3 nitrogen and oxygen atoms in total. The molecule has 0 radical (unpaired) electrons. The third-order valence-electron chi connectivity index (χ3n) is 10.8. The molecule has 8 aromatic rings. The number of nitrogens with zero attached hydrogens (tertiary/aromatic N) is 3. The number of fused-ring (bicyclic) bond motifs is 8. The quantitative estimate of drug-likeness (QED) is 0.181. The van der Waals surface area contributed by atoms with Crippen molar-refractivity contribution in [3.63, 3.8) is 0 Å². The second-order valence-corrected chi connectivity index (χ2v) is 17.6. The van der Waals surface area contributed by atoms with Gasteiger partial charge in [0.05, 0.1) is 22.4 Å². The molecule has 228 valence electrons. The lowest BCUT2D eigenvalue weighted by molar-refractivity contribution is 0.935. The van der Waals surface area contributed by atoms with E-state index in [0.29, 0.717) is 5.95 Å². The number of aromatic nitrogens is 3. The maximum absolute atomic E-state index is 5.20. The minimum Gasteiger partial charge on any atom is -0.278 e. The molecule has 1 fully saturated rings. The van der Waals surface area contributed by atoms with Crippen molar-refractivity contribution >= 4 is 40.3 Å². The Labute approximate surface area is 281 Å². The molecular formula is C44H33N3Si. The summed E-state index contributed by atoms with van der Waals surface area (Å²) in [5, 5.41) is 5.74. The predicted molar refractivity (Wildman–Crippen MR) is 202 cm³/mol. The molecule has 0 N–H and O–H groups in total. The van der Waals surface area contributed by atoms with Gasteiger partial charge in [0, 0.05) is 21.9 Å². The third kappa shape index (κ3) is 4.12. The maximum Gasteiger partial charge on any atom is 0.235 e. The zero-order valence-electron chi connectivity index (χ0n) is 26.6. The van der Waals surface area contributed by atoms with Crippen LogP contribution in [0.4, 0.5) is 0 Å². The summed E-state index contributed by atoms with van der Waals surface area (Å²) in [5.41, 5.74) is 11.6. The Balaban J connectivity index is 1.16. The van der Waals surface area contributed by atoms with Crippen molar-refractivity contribution < 1.29 is 0 Å². The minimum atomic E-state index is -1.62. The Kier molecular flexibility index (Phi) is 6.15. The number of hydrogen-bond donors (Lipinski definition) is 0. The van der Waals surface area contributed by atoms with Crippen molar-refractivity contribution in [2.45, 2.75) is 24.9 Å². The number of benzene rings is 6. The van der Waals surface area contributed by atoms with Crippen LogP contribution in [0, 0.1) is 0 Å². The lowest BCUT2D eigenvalue weighted by Crippen LogP contribution is -2.52. The summed E-state index contributed by atoms with van der Waals surface area (Å²) in [6, 6.07) is 57.9. The Hall–Kier alpha value is -5.58. The fraction of sp³-hybridized carbons (Fsp3) is 0.0909. The lowest BCUT2D eigenvalue weighted by Gasteiger charge is -2.23. The van der Waals surface area contributed by atoms with E-state index in [1.165, 1.54) is 58.0 Å². The van der Waals surface area contributed by atoms with Gasteiger partial charge in [0.2, 0.25) is 5.95 Å². The first-order valence-corrected chi connectivity index (χ1v) is 19.5. The summed E-state index contributed by atoms with van der Waals surface area (Å²) in [6.45, 7) is 0. The molecule has 0 amide bonds. The van der Waals surface area contributed by atoms with Gasteiger partial charge in [-0.2, -0.15) is 0 Å². The molecule has 48 heavy (non-hydrogen) atoms. The van der Waals surface area contributed by atoms with E-state index in [2.05, 4.69) is 144 Å². The first kappa shape index (κ1) is 27.5. The van der Waals surface area contributed by atoms with Crippen LogP contribution < -0.4 is 10.4 Å². The van der Waals surface area contributed by atoms with Crippen molar-refractivity contribution in [2.24, 2.45) is 0 Å². The van der Waals surface area contributed by atoms with Crippen molar-refractivity contribution in [1.82, 2.24) is 14.5 Å². The van der Waals surface area contributed by atoms with Gasteiger partial charge < -0.3 is 0 Å². The third-order valence-corrected chi connectivity index (χ3v) is 16.1. The Morgan fingerprint density at radius 1 is 0.438 bits per heavy atom. The molecule has 0 atom stereocenters. The van der Waals surface area contributed by atoms with E-state index < -0.39 is 8.07 Å². The molecule has 10 rings (SSSR count). The van der Waals surface area contributed by atoms with Crippen LogP contribution in [-0.4, -0.2) is 22.6 Å². The molecule has 0 unspecified atom stereocenters. The summed E-state index contributed by atoms with van der Waals surface area (Å²) in [4.78, 5) is 10.4. The molecule has 1 spiro atoms. The molecule has 0 saturated carbocycles. The van der Waals surface area contributed by atoms with E-state index in [-0.39, 0.29) is 0 Å². The van der Waals surface area contributed by atoms with Crippen molar-refractivity contribution in [3.05, 3.63) is 152 Å². The topological polar surface area (TPSA) is 30.7 Å². The van der Waals surface area contributed by atoms with Crippen LogP contribution in [0.15, 0.2) is 152 Å². The fourth-order valence-corrected chi connectivity index (χ4v) is 14.2. The van der Waals surface area contributed by atoms with Crippen molar-refractivity contribution in [2.75, 3.05) is 0 Å². The van der Waals surface area contributed by atoms with Crippen LogP contribution >= 0.6 is 0 Å². The molecule has 2 aliphatic rings. The fourth-order valence-electron chi connectivity index (χ4n) is 8.58. The molecule has 6 aromatic carbocycles. The maximum atomic E-state index is 5.20. The largest absolute Gasteiger partial charge is 0.278 e. The summed E-state index contributed by atoms with van der Waals surface area (Å²) < 4.78 is 2.24. The Morgan fingerprint density at radius 3 is 1.77 bits per heavy atom. The van der Waals surface area contributed by atoms with Gasteiger partial charge in [-0.15, -0.1) is 0 Å². The van der Waals surface area contributed by atoms with Crippen LogP contribution in [0.5, 0.6) is 0 Å². The van der Waals surface area contributed by atoms with Gasteiger partial charge >= 0.3 is 0 Å². The molecule has 0 bridgehead atoms. The molecule has 4 heteroatoms. The zero-order valence-corrected chi connectivity index (χ0v) is 27.6. The van der Waals surface area contributed by atoms with E-state index in [1.807, 2.05) is 12.1 Å². The predicted octanol–water partition coefficient (Wildman–Crippen LogP) is 9.91. The Bertz CT molecular complexity index is 2450. The minimum absolute atomic E-state index is 0.676. The standard InChI is InChI=1S/C44H33N3Si/c1-3-13-30(14-4-1)38-29-39(31-15-5-2-6-16-31)46-44(45-38)47-40-19-9-7-17-34(40)36-27-32(21-23-41(36)47)33-22-24-43-37(28-33)35-18-8-10-20-42(35)48(43)25-11-12-26-48/h1-10,13-24,27-29H,11-12,25-26H2. The van der Waals surface area contributed by atoms with Gasteiger partial charge in [-0.05, 0) is 75.0 Å². The number of rotatable bonds is 4. The van der Waals surface area contributed by atoms with Crippen LogP contribution in [0.3, 0.4) is 0 Å². The van der Waals surface area contributed by atoms with Crippen LogP contribution in [0.2, 0.25) is 12.1 Å². The molecule has 1 saturated heterocycles. The van der Waals surface area contributed by atoms with Gasteiger partial charge in [0.25, 0.3) is 0 Å². The summed E-state index contributed by atoms with van der Waals surface area (Å²) in [6.07, 6.45) is 2.74. The number of hydrogen-bond acceptors (Lipinski definition) is 2. The van der Waals surface area contributed by atoms with E-state index >= 15 is 0 Å². The number of para-hydroxylation sites is 1. The zero-order chi connectivity index (χ0) is 31.7. The second kappa shape index (κ2) is 10.7. The molecule has 2 aromatic heterocycles. The highest BCUT2D eigenvalue weighted by Gasteiger charge is 2.46. The van der Waals surface area contributed by atoms with E-state index in [4.69, 9.17) is 9.97 Å². The van der Waals surface area contributed by atoms with Gasteiger partial charge in [-0.3, -0.25) is 4.57 Å². The van der Waals surface area contributed by atoms with Crippen LogP contribution in [0.1, 0.15) is 12.8 Å². The van der Waals surface area contributed by atoms with E-state index in [0.717, 1.165) is 33.5 Å². The average Bonchev–Trinajstić information content (AvgIpc) is 3.86. The molecule has 0 aliphatic carbocycles. The van der Waals surface area contributed by atoms with Crippen molar-refractivity contribution in [1.29, 1.82) is 0 Å².